The van der Waals surface area contributed by atoms with E-state index < -0.39 is 35.6 Å². The third kappa shape index (κ3) is 3.88. The highest BCUT2D eigenvalue weighted by molar-refractivity contribution is 5.94. The van der Waals surface area contributed by atoms with Crippen molar-refractivity contribution in [1.82, 2.24) is 10.3 Å². The third-order valence-corrected chi connectivity index (χ3v) is 3.50. The lowest BCUT2D eigenvalue weighted by atomic mass is 9.91. The number of carbonyl (C=O) groups is 1. The van der Waals surface area contributed by atoms with Gasteiger partial charge in [-0.15, -0.1) is 0 Å². The van der Waals surface area contributed by atoms with E-state index in [4.69, 9.17) is 0 Å². The average Bonchev–Trinajstić information content (AvgIpc) is 2.54. The average molecular weight is 342 g/mol. The molecule has 0 fully saturated rings. The molecular formula is C16H14F4N2O2. The van der Waals surface area contributed by atoms with Crippen molar-refractivity contribution in [3.05, 3.63) is 65.2 Å². The SMILES string of the molecule is CC(CO)(NC(=O)c1cncc(F)c1)c1cccc(C(F)(F)F)c1. The van der Waals surface area contributed by atoms with Crippen LogP contribution in [0, 0.1) is 5.82 Å². The van der Waals surface area contributed by atoms with Gasteiger partial charge >= 0.3 is 6.18 Å². The van der Waals surface area contributed by atoms with Crippen LogP contribution in [0.25, 0.3) is 0 Å². The van der Waals surface area contributed by atoms with Crippen LogP contribution < -0.4 is 5.32 Å². The molecule has 0 radical (unpaired) electrons. The highest BCUT2D eigenvalue weighted by Gasteiger charge is 2.34. The first-order chi connectivity index (χ1) is 11.2. The van der Waals surface area contributed by atoms with E-state index in [0.717, 1.165) is 30.6 Å². The number of aliphatic hydroxyl groups excluding tert-OH is 1. The predicted octanol–water partition coefficient (Wildman–Crippen LogP) is 2.88. The Morgan fingerprint density at radius 1 is 1.21 bits per heavy atom. The van der Waals surface area contributed by atoms with E-state index in [1.807, 2.05) is 0 Å². The van der Waals surface area contributed by atoms with Crippen molar-refractivity contribution in [2.75, 3.05) is 6.61 Å². The number of aromatic nitrogens is 1. The Kier molecular flexibility index (Phi) is 4.88. The maximum atomic E-state index is 13.1. The van der Waals surface area contributed by atoms with Crippen LogP contribution in [0.15, 0.2) is 42.7 Å². The summed E-state index contributed by atoms with van der Waals surface area (Å²) < 4.78 is 51.6. The zero-order valence-corrected chi connectivity index (χ0v) is 12.6. The van der Waals surface area contributed by atoms with Gasteiger partial charge < -0.3 is 10.4 Å². The van der Waals surface area contributed by atoms with Crippen LogP contribution in [0.1, 0.15) is 28.4 Å². The number of nitrogens with zero attached hydrogens (tertiary/aromatic N) is 1. The van der Waals surface area contributed by atoms with Crippen molar-refractivity contribution >= 4 is 5.91 Å². The van der Waals surface area contributed by atoms with E-state index in [1.165, 1.54) is 19.1 Å². The number of halogens is 4. The minimum atomic E-state index is -4.55. The Bertz CT molecular complexity index is 749. The number of nitrogens with one attached hydrogen (secondary N) is 1. The molecule has 0 aliphatic heterocycles. The predicted molar refractivity (Wildman–Crippen MR) is 77.5 cm³/mol. The van der Waals surface area contributed by atoms with Crippen molar-refractivity contribution in [2.24, 2.45) is 0 Å². The van der Waals surface area contributed by atoms with Gasteiger partial charge in [-0.1, -0.05) is 12.1 Å². The van der Waals surface area contributed by atoms with Crippen LogP contribution in [0.5, 0.6) is 0 Å². The van der Waals surface area contributed by atoms with Crippen LogP contribution in [-0.4, -0.2) is 22.6 Å². The molecule has 1 amide bonds. The van der Waals surface area contributed by atoms with Gasteiger partial charge in [0, 0.05) is 6.20 Å². The Labute approximate surface area is 135 Å². The molecule has 24 heavy (non-hydrogen) atoms. The van der Waals surface area contributed by atoms with E-state index in [-0.39, 0.29) is 11.1 Å². The summed E-state index contributed by atoms with van der Waals surface area (Å²) in [6.45, 7) is 0.718. The zero-order chi connectivity index (χ0) is 18.0. The Morgan fingerprint density at radius 3 is 2.46 bits per heavy atom. The number of amides is 1. The summed E-state index contributed by atoms with van der Waals surface area (Å²) >= 11 is 0. The normalized spacial score (nSPS) is 14.1. The second-order valence-electron chi connectivity index (χ2n) is 5.41. The molecule has 128 valence electrons. The van der Waals surface area contributed by atoms with Crippen LogP contribution in [0.4, 0.5) is 17.6 Å². The van der Waals surface area contributed by atoms with Gasteiger partial charge in [0.25, 0.3) is 5.91 Å². The maximum Gasteiger partial charge on any atom is 0.416 e. The molecule has 0 saturated carbocycles. The number of hydrogen-bond donors (Lipinski definition) is 2. The highest BCUT2D eigenvalue weighted by Crippen LogP contribution is 2.32. The smallest absolute Gasteiger partial charge is 0.394 e. The quantitative estimate of drug-likeness (QED) is 0.840. The number of benzene rings is 1. The number of aliphatic hydroxyl groups is 1. The second-order valence-corrected chi connectivity index (χ2v) is 5.41. The first kappa shape index (κ1) is 17.9. The zero-order valence-electron chi connectivity index (χ0n) is 12.6. The fraction of sp³-hybridized carbons (Fsp3) is 0.250. The van der Waals surface area contributed by atoms with Gasteiger partial charge in [0.05, 0.1) is 29.5 Å². The van der Waals surface area contributed by atoms with Gasteiger partial charge in [-0.25, -0.2) is 4.39 Å². The molecule has 2 rings (SSSR count). The Morgan fingerprint density at radius 2 is 1.88 bits per heavy atom. The molecule has 0 aliphatic carbocycles. The van der Waals surface area contributed by atoms with Crippen molar-refractivity contribution < 1.29 is 27.5 Å². The minimum Gasteiger partial charge on any atom is -0.394 e. The van der Waals surface area contributed by atoms with Crippen molar-refractivity contribution in [3.63, 3.8) is 0 Å². The van der Waals surface area contributed by atoms with E-state index in [0.29, 0.717) is 0 Å². The molecule has 0 saturated heterocycles. The molecule has 1 heterocycles. The third-order valence-electron chi connectivity index (χ3n) is 3.50. The van der Waals surface area contributed by atoms with E-state index >= 15 is 0 Å². The minimum absolute atomic E-state index is 0.0672. The molecule has 8 heteroatoms. The fourth-order valence-corrected chi connectivity index (χ4v) is 2.10. The number of rotatable bonds is 4. The molecule has 1 unspecified atom stereocenters. The lowest BCUT2D eigenvalue weighted by molar-refractivity contribution is -0.137. The number of pyridine rings is 1. The summed E-state index contributed by atoms with van der Waals surface area (Å²) in [6, 6.07) is 5.21. The van der Waals surface area contributed by atoms with Crippen LogP contribution in [0.2, 0.25) is 0 Å². The highest BCUT2D eigenvalue weighted by atomic mass is 19.4. The standard InChI is InChI=1S/C16H14F4N2O2/c1-15(9-23,11-3-2-4-12(6-11)16(18,19)20)22-14(24)10-5-13(17)8-21-7-10/h2-8,23H,9H2,1H3,(H,22,24). The number of carbonyl (C=O) groups excluding carboxylic acids is 1. The van der Waals surface area contributed by atoms with Gasteiger partial charge in [-0.3, -0.25) is 9.78 Å². The summed E-state index contributed by atoms with van der Waals surface area (Å²) in [5.41, 5.74) is -2.43. The molecule has 1 aromatic heterocycles. The lowest BCUT2D eigenvalue weighted by Gasteiger charge is -2.30. The van der Waals surface area contributed by atoms with Crippen LogP contribution in [0.3, 0.4) is 0 Å². The van der Waals surface area contributed by atoms with Crippen LogP contribution in [-0.2, 0) is 11.7 Å². The molecule has 4 nitrogen and oxygen atoms in total. The monoisotopic (exact) mass is 342 g/mol. The first-order valence-electron chi connectivity index (χ1n) is 6.87. The fourth-order valence-electron chi connectivity index (χ4n) is 2.10. The van der Waals surface area contributed by atoms with E-state index in [9.17, 15) is 27.5 Å². The van der Waals surface area contributed by atoms with Crippen molar-refractivity contribution in [2.45, 2.75) is 18.6 Å². The molecule has 0 spiro atoms. The van der Waals surface area contributed by atoms with E-state index in [2.05, 4.69) is 10.3 Å². The molecule has 1 atom stereocenters. The number of alkyl halides is 3. The summed E-state index contributed by atoms with van der Waals surface area (Å²) in [6.07, 6.45) is -2.53. The van der Waals surface area contributed by atoms with Gasteiger partial charge in [0.2, 0.25) is 0 Å². The number of hydrogen-bond acceptors (Lipinski definition) is 3. The maximum absolute atomic E-state index is 13.1. The van der Waals surface area contributed by atoms with Gasteiger partial charge in [-0.05, 0) is 30.7 Å². The topological polar surface area (TPSA) is 62.2 Å². The molecule has 0 bridgehead atoms. The van der Waals surface area contributed by atoms with Gasteiger partial charge in [0.15, 0.2) is 0 Å². The molecular weight excluding hydrogens is 328 g/mol. The molecule has 1 aromatic carbocycles. The first-order valence-corrected chi connectivity index (χ1v) is 6.87. The molecule has 2 aromatic rings. The second kappa shape index (κ2) is 6.56. The summed E-state index contributed by atoms with van der Waals surface area (Å²) in [5.74, 6) is -1.50. The Balaban J connectivity index is 2.33. The lowest BCUT2D eigenvalue weighted by Crippen LogP contribution is -2.46. The van der Waals surface area contributed by atoms with E-state index in [1.54, 1.807) is 0 Å². The van der Waals surface area contributed by atoms with Gasteiger partial charge in [0.1, 0.15) is 5.82 Å². The van der Waals surface area contributed by atoms with Gasteiger partial charge in [-0.2, -0.15) is 13.2 Å². The Hall–Kier alpha value is -2.48. The molecule has 0 aliphatic rings. The summed E-state index contributed by atoms with van der Waals surface area (Å²) in [5, 5.41) is 12.0. The largest absolute Gasteiger partial charge is 0.416 e. The van der Waals surface area contributed by atoms with Crippen molar-refractivity contribution in [1.29, 1.82) is 0 Å². The van der Waals surface area contributed by atoms with Crippen molar-refractivity contribution in [3.8, 4) is 0 Å². The summed E-state index contributed by atoms with van der Waals surface area (Å²) in [4.78, 5) is 15.7. The van der Waals surface area contributed by atoms with Crippen LogP contribution >= 0.6 is 0 Å². The molecule has 2 N–H and O–H groups in total. The summed E-state index contributed by atoms with van der Waals surface area (Å²) in [7, 11) is 0.